The van der Waals surface area contributed by atoms with Gasteiger partial charge in [-0.25, -0.2) is 4.90 Å². The van der Waals surface area contributed by atoms with Crippen molar-refractivity contribution >= 4 is 23.1 Å². The van der Waals surface area contributed by atoms with E-state index in [2.05, 4.69) is 18.7 Å². The molecular formula is C26H30N2O3. The molecule has 0 bridgehead atoms. The first kappa shape index (κ1) is 21.2. The number of rotatable bonds is 6. The Morgan fingerprint density at radius 2 is 1.65 bits per heavy atom. The van der Waals surface area contributed by atoms with Crippen molar-refractivity contribution in [2.45, 2.75) is 33.6 Å². The highest BCUT2D eigenvalue weighted by molar-refractivity contribution is 6.45. The summed E-state index contributed by atoms with van der Waals surface area (Å²) < 4.78 is 5.74. The molecule has 5 nitrogen and oxygen atoms in total. The molecule has 31 heavy (non-hydrogen) atoms. The maximum absolute atomic E-state index is 13.7. The van der Waals surface area contributed by atoms with Gasteiger partial charge in [-0.2, -0.15) is 0 Å². The first-order valence-electron chi connectivity index (χ1n) is 11.2. The Morgan fingerprint density at radius 1 is 0.935 bits per heavy atom. The van der Waals surface area contributed by atoms with Crippen molar-refractivity contribution < 1.29 is 14.3 Å². The Bertz CT molecular complexity index is 989. The van der Waals surface area contributed by atoms with Gasteiger partial charge in [-0.3, -0.25) is 9.59 Å². The largest absolute Gasteiger partial charge is 0.494 e. The molecule has 2 heterocycles. The molecule has 162 valence electrons. The molecule has 2 amide bonds. The van der Waals surface area contributed by atoms with Crippen LogP contribution >= 0.6 is 0 Å². The summed E-state index contributed by atoms with van der Waals surface area (Å²) in [6, 6.07) is 16.8. The molecule has 0 aliphatic carbocycles. The quantitative estimate of drug-likeness (QED) is 0.636. The summed E-state index contributed by atoms with van der Waals surface area (Å²) in [6.07, 6.45) is 2.02. The number of nitrogens with zero attached hydrogens (tertiary/aromatic N) is 2. The maximum atomic E-state index is 13.7. The van der Waals surface area contributed by atoms with Crippen LogP contribution in [0.2, 0.25) is 0 Å². The predicted octanol–water partition coefficient (Wildman–Crippen LogP) is 4.74. The monoisotopic (exact) mass is 418 g/mol. The minimum atomic E-state index is -0.273. The molecule has 1 saturated heterocycles. The third-order valence-corrected chi connectivity index (χ3v) is 5.86. The van der Waals surface area contributed by atoms with Crippen LogP contribution in [0, 0.1) is 11.8 Å². The molecule has 2 aromatic rings. The average Bonchev–Trinajstić information content (AvgIpc) is 3.02. The first-order valence-corrected chi connectivity index (χ1v) is 11.2. The number of carbonyl (C=O) groups excluding carboxylic acids is 2. The van der Waals surface area contributed by atoms with Gasteiger partial charge in [0.05, 0.1) is 17.9 Å². The van der Waals surface area contributed by atoms with Crippen molar-refractivity contribution in [3.63, 3.8) is 0 Å². The van der Waals surface area contributed by atoms with E-state index < -0.39 is 0 Å². The van der Waals surface area contributed by atoms with E-state index in [0.717, 1.165) is 31.5 Å². The number of imide groups is 1. The highest BCUT2D eigenvalue weighted by atomic mass is 16.5. The summed E-state index contributed by atoms with van der Waals surface area (Å²) in [5.41, 5.74) is 2.34. The van der Waals surface area contributed by atoms with Crippen LogP contribution in [0.3, 0.4) is 0 Å². The number of hydrogen-bond donors (Lipinski definition) is 0. The lowest BCUT2D eigenvalue weighted by molar-refractivity contribution is -0.120. The number of piperidine rings is 1. The summed E-state index contributed by atoms with van der Waals surface area (Å²) in [4.78, 5) is 30.8. The summed E-state index contributed by atoms with van der Waals surface area (Å²) in [5.74, 6) is 1.07. The Balaban J connectivity index is 1.76. The highest BCUT2D eigenvalue weighted by Crippen LogP contribution is 2.37. The van der Waals surface area contributed by atoms with Gasteiger partial charge in [-0.1, -0.05) is 57.2 Å². The highest BCUT2D eigenvalue weighted by Gasteiger charge is 2.43. The van der Waals surface area contributed by atoms with Crippen molar-refractivity contribution in [3.05, 3.63) is 65.9 Å². The SMILES string of the molecule is CCCOc1cccc(N2C(=O)C(c3ccccc3)=C(N3CC(C)CC(C)C3)C2=O)c1. The minimum absolute atomic E-state index is 0.252. The van der Waals surface area contributed by atoms with E-state index in [1.165, 1.54) is 4.90 Å². The second kappa shape index (κ2) is 8.96. The van der Waals surface area contributed by atoms with Gasteiger partial charge in [0.25, 0.3) is 11.8 Å². The number of anilines is 1. The second-order valence-electron chi connectivity index (χ2n) is 8.73. The van der Waals surface area contributed by atoms with Gasteiger partial charge in [-0.05, 0) is 42.4 Å². The van der Waals surface area contributed by atoms with Gasteiger partial charge in [0.1, 0.15) is 11.4 Å². The fourth-order valence-electron chi connectivity index (χ4n) is 4.69. The fraction of sp³-hybridized carbons (Fsp3) is 0.385. The van der Waals surface area contributed by atoms with Crippen molar-refractivity contribution in [2.75, 3.05) is 24.6 Å². The van der Waals surface area contributed by atoms with Crippen LogP contribution in [0.5, 0.6) is 5.75 Å². The lowest BCUT2D eigenvalue weighted by Crippen LogP contribution is -2.42. The number of amides is 2. The number of carbonyl (C=O) groups is 2. The van der Waals surface area contributed by atoms with Crippen LogP contribution in [-0.4, -0.2) is 36.4 Å². The lowest BCUT2D eigenvalue weighted by atomic mass is 9.91. The van der Waals surface area contributed by atoms with Gasteiger partial charge < -0.3 is 9.64 Å². The Labute approximate surface area is 184 Å². The Morgan fingerprint density at radius 3 is 2.32 bits per heavy atom. The molecular weight excluding hydrogens is 388 g/mol. The van der Waals surface area contributed by atoms with Crippen LogP contribution in [0.25, 0.3) is 5.57 Å². The number of hydrogen-bond acceptors (Lipinski definition) is 4. The zero-order valence-electron chi connectivity index (χ0n) is 18.5. The summed E-state index contributed by atoms with van der Waals surface area (Å²) in [5, 5.41) is 0. The molecule has 0 saturated carbocycles. The van der Waals surface area contributed by atoms with Gasteiger partial charge in [0.2, 0.25) is 0 Å². The fourth-order valence-corrected chi connectivity index (χ4v) is 4.69. The van der Waals surface area contributed by atoms with Crippen molar-refractivity contribution in [1.82, 2.24) is 4.90 Å². The summed E-state index contributed by atoms with van der Waals surface area (Å²) in [6.45, 7) is 8.61. The van der Waals surface area contributed by atoms with Crippen molar-refractivity contribution in [3.8, 4) is 5.75 Å². The minimum Gasteiger partial charge on any atom is -0.494 e. The average molecular weight is 419 g/mol. The van der Waals surface area contributed by atoms with E-state index in [4.69, 9.17) is 4.74 Å². The van der Waals surface area contributed by atoms with E-state index in [-0.39, 0.29) is 11.8 Å². The van der Waals surface area contributed by atoms with Crippen molar-refractivity contribution in [1.29, 1.82) is 0 Å². The molecule has 2 aromatic carbocycles. The Kier molecular flexibility index (Phi) is 6.12. The summed E-state index contributed by atoms with van der Waals surface area (Å²) in [7, 11) is 0. The number of ether oxygens (including phenoxy) is 1. The van der Waals surface area contributed by atoms with Gasteiger partial charge in [0.15, 0.2) is 0 Å². The van der Waals surface area contributed by atoms with Crippen LogP contribution in [0.1, 0.15) is 39.2 Å². The zero-order chi connectivity index (χ0) is 22.0. The summed E-state index contributed by atoms with van der Waals surface area (Å²) >= 11 is 0. The van der Waals surface area contributed by atoms with Crippen LogP contribution in [0.4, 0.5) is 5.69 Å². The van der Waals surface area contributed by atoms with E-state index in [1.807, 2.05) is 49.4 Å². The van der Waals surface area contributed by atoms with Crippen molar-refractivity contribution in [2.24, 2.45) is 11.8 Å². The topological polar surface area (TPSA) is 49.9 Å². The molecule has 4 rings (SSSR count). The molecule has 0 aromatic heterocycles. The van der Waals surface area contributed by atoms with E-state index >= 15 is 0 Å². The van der Waals surface area contributed by atoms with E-state index in [1.54, 1.807) is 12.1 Å². The smallest absolute Gasteiger partial charge is 0.282 e. The number of likely N-dealkylation sites (tertiary alicyclic amines) is 1. The molecule has 5 heteroatoms. The third kappa shape index (κ3) is 4.22. The molecule has 2 aliphatic rings. The zero-order valence-corrected chi connectivity index (χ0v) is 18.5. The third-order valence-electron chi connectivity index (χ3n) is 5.86. The normalized spacial score (nSPS) is 21.8. The maximum Gasteiger partial charge on any atom is 0.282 e. The molecule has 0 radical (unpaired) electrons. The van der Waals surface area contributed by atoms with Gasteiger partial charge >= 0.3 is 0 Å². The Hall–Kier alpha value is -3.08. The second-order valence-corrected chi connectivity index (χ2v) is 8.73. The van der Waals surface area contributed by atoms with Gasteiger partial charge in [-0.15, -0.1) is 0 Å². The lowest BCUT2D eigenvalue weighted by Gasteiger charge is -2.37. The van der Waals surface area contributed by atoms with E-state index in [9.17, 15) is 9.59 Å². The van der Waals surface area contributed by atoms with Gasteiger partial charge in [0, 0.05) is 19.2 Å². The first-order chi connectivity index (χ1) is 15.0. The molecule has 2 aliphatic heterocycles. The standard InChI is InChI=1S/C26H30N2O3/c1-4-13-31-22-12-8-11-21(15-22)28-25(29)23(20-9-6-5-7-10-20)24(26(28)30)27-16-18(2)14-19(3)17-27/h5-12,15,18-19H,4,13-14,16-17H2,1-3H3. The molecule has 2 unspecified atom stereocenters. The molecule has 1 fully saturated rings. The predicted molar refractivity (Wildman–Crippen MR) is 123 cm³/mol. The molecule has 0 spiro atoms. The van der Waals surface area contributed by atoms with Crippen LogP contribution < -0.4 is 9.64 Å². The number of benzene rings is 2. The van der Waals surface area contributed by atoms with Crippen LogP contribution in [-0.2, 0) is 9.59 Å². The van der Waals surface area contributed by atoms with E-state index in [0.29, 0.717) is 41.1 Å². The molecule has 0 N–H and O–H groups in total. The molecule has 2 atom stereocenters. The van der Waals surface area contributed by atoms with Crippen LogP contribution in [0.15, 0.2) is 60.3 Å².